The second-order valence-corrected chi connectivity index (χ2v) is 14.3. The Morgan fingerprint density at radius 1 is 1.21 bits per heavy atom. The number of anilines is 2. The molecule has 0 aliphatic carbocycles. The number of hydrogen-bond donors (Lipinski definition) is 1. The average Bonchev–Trinajstić information content (AvgIpc) is 3.70. The van der Waals surface area contributed by atoms with Crippen LogP contribution in [0.2, 0.25) is 5.02 Å². The average molecular weight is 694 g/mol. The molecule has 6 heterocycles. The maximum absolute atomic E-state index is 17.0. The lowest BCUT2D eigenvalue weighted by atomic mass is 9.95. The predicted octanol–water partition coefficient (Wildman–Crippen LogP) is 7.34. The van der Waals surface area contributed by atoms with Crippen LogP contribution in [0.3, 0.4) is 0 Å². The molecule has 14 heteroatoms. The number of ether oxygens (including phenoxy) is 1. The van der Waals surface area contributed by atoms with E-state index in [2.05, 4.69) is 14.9 Å². The van der Waals surface area contributed by atoms with Gasteiger partial charge in [0.2, 0.25) is 0 Å². The normalized spacial score (nSPS) is 22.3. The van der Waals surface area contributed by atoms with Crippen LogP contribution in [-0.2, 0) is 13.0 Å². The maximum Gasteiger partial charge on any atom is 0.319 e. The van der Waals surface area contributed by atoms with E-state index in [1.165, 1.54) is 18.2 Å². The first-order chi connectivity index (χ1) is 23.1. The Balaban J connectivity index is 1.32. The first kappa shape index (κ1) is 31.0. The second-order valence-electron chi connectivity index (χ2n) is 12.8. The summed E-state index contributed by atoms with van der Waals surface area (Å²) < 4.78 is 67.8. The summed E-state index contributed by atoms with van der Waals surface area (Å²) in [6.07, 6.45) is 4.26. The topological polar surface area (TPSA) is 104 Å². The van der Waals surface area contributed by atoms with E-state index < -0.39 is 29.2 Å². The van der Waals surface area contributed by atoms with Crippen molar-refractivity contribution in [3.05, 3.63) is 69.8 Å². The number of aromatic nitrogens is 3. The van der Waals surface area contributed by atoms with Crippen molar-refractivity contribution in [2.75, 3.05) is 30.3 Å². The van der Waals surface area contributed by atoms with Crippen LogP contribution in [0.1, 0.15) is 42.9 Å². The SMILES string of the molecule is CC1Cc2cncc(F)c2CN1c1nc(OC[C@@]23CCCN2C[C@H](F)C3)nc2c(F)c(-c3ccc(F)c4sc(N)c(C#N)c34)c(Cl)cc12. The standard InChI is InChI=1S/C34H28ClF4N7OS/c1-16-7-17-11-42-12-25(38)22(17)14-46(16)32-20-8-23(35)27(19-3-4-24(37)30-26(19)21(10-40)31(41)48-30)28(39)29(20)43-33(44-32)47-15-34-5-2-6-45(34)13-18(36)9-34/h3-4,8,11-12,16,18H,2,5-7,9,13-15,41H2,1H3/t16?,18-,34+/m1/s1. The molecule has 2 aromatic carbocycles. The van der Waals surface area contributed by atoms with Gasteiger partial charge in [0.15, 0.2) is 5.82 Å². The Labute approximate surface area is 281 Å². The molecule has 1 unspecified atom stereocenters. The van der Waals surface area contributed by atoms with Crippen molar-refractivity contribution in [1.29, 1.82) is 5.26 Å². The van der Waals surface area contributed by atoms with Crippen molar-refractivity contribution < 1.29 is 22.3 Å². The largest absolute Gasteiger partial charge is 0.461 e. The van der Waals surface area contributed by atoms with Gasteiger partial charge >= 0.3 is 6.01 Å². The van der Waals surface area contributed by atoms with Gasteiger partial charge < -0.3 is 15.4 Å². The molecule has 2 N–H and O–H groups in total. The number of nitrogen functional groups attached to an aromatic ring is 1. The molecule has 246 valence electrons. The fourth-order valence-electron chi connectivity index (χ4n) is 7.74. The molecular weight excluding hydrogens is 666 g/mol. The van der Waals surface area contributed by atoms with E-state index >= 15 is 4.39 Å². The van der Waals surface area contributed by atoms with E-state index in [0.29, 0.717) is 24.9 Å². The molecular formula is C34H28ClF4N7OS. The van der Waals surface area contributed by atoms with Crippen LogP contribution in [0.25, 0.3) is 32.1 Å². The summed E-state index contributed by atoms with van der Waals surface area (Å²) in [5.74, 6) is -1.61. The lowest BCUT2D eigenvalue weighted by Gasteiger charge is -2.36. The van der Waals surface area contributed by atoms with Crippen molar-refractivity contribution in [2.24, 2.45) is 0 Å². The van der Waals surface area contributed by atoms with Gasteiger partial charge in [-0.3, -0.25) is 9.88 Å². The fraction of sp³-hybridized carbons (Fsp3) is 0.353. The fourth-order valence-corrected chi connectivity index (χ4v) is 8.98. The van der Waals surface area contributed by atoms with Crippen LogP contribution in [0.5, 0.6) is 6.01 Å². The van der Waals surface area contributed by atoms with Crippen LogP contribution in [0.15, 0.2) is 30.6 Å². The van der Waals surface area contributed by atoms with Gasteiger partial charge in [0.1, 0.15) is 46.8 Å². The number of pyridine rings is 1. The predicted molar refractivity (Wildman–Crippen MR) is 177 cm³/mol. The highest BCUT2D eigenvalue weighted by molar-refractivity contribution is 7.23. The summed E-state index contributed by atoms with van der Waals surface area (Å²) >= 11 is 7.74. The molecule has 0 saturated carbocycles. The van der Waals surface area contributed by atoms with Crippen LogP contribution < -0.4 is 15.4 Å². The molecule has 0 radical (unpaired) electrons. The first-order valence-corrected chi connectivity index (χ1v) is 16.8. The molecule has 8 rings (SSSR count). The summed E-state index contributed by atoms with van der Waals surface area (Å²) in [6.45, 7) is 3.27. The van der Waals surface area contributed by atoms with Crippen LogP contribution >= 0.6 is 22.9 Å². The van der Waals surface area contributed by atoms with E-state index in [0.717, 1.165) is 42.5 Å². The number of fused-ring (bicyclic) bond motifs is 4. The molecule has 2 fully saturated rings. The number of alkyl halides is 1. The van der Waals surface area contributed by atoms with Crippen molar-refractivity contribution in [3.63, 3.8) is 0 Å². The third kappa shape index (κ3) is 4.75. The monoisotopic (exact) mass is 693 g/mol. The van der Waals surface area contributed by atoms with Gasteiger partial charge in [-0.2, -0.15) is 15.2 Å². The smallest absolute Gasteiger partial charge is 0.319 e. The molecule has 3 atom stereocenters. The minimum atomic E-state index is -0.972. The maximum atomic E-state index is 17.0. The van der Waals surface area contributed by atoms with E-state index in [9.17, 15) is 18.4 Å². The van der Waals surface area contributed by atoms with Crippen LogP contribution in [0, 0.1) is 28.8 Å². The Bertz CT molecular complexity index is 2190. The van der Waals surface area contributed by atoms with Gasteiger partial charge in [0, 0.05) is 53.6 Å². The van der Waals surface area contributed by atoms with Gasteiger partial charge in [-0.05, 0) is 56.0 Å². The summed E-state index contributed by atoms with van der Waals surface area (Å²) in [7, 11) is 0. The molecule has 3 aromatic heterocycles. The number of nitriles is 1. The van der Waals surface area contributed by atoms with Crippen LogP contribution in [0.4, 0.5) is 28.4 Å². The van der Waals surface area contributed by atoms with Gasteiger partial charge in [-0.1, -0.05) is 17.7 Å². The lowest BCUT2D eigenvalue weighted by Crippen LogP contribution is -2.43. The van der Waals surface area contributed by atoms with Crippen LogP contribution in [-0.4, -0.2) is 57.3 Å². The highest BCUT2D eigenvalue weighted by Crippen LogP contribution is 2.46. The third-order valence-corrected chi connectivity index (χ3v) is 11.3. The Morgan fingerprint density at radius 3 is 2.85 bits per heavy atom. The van der Waals surface area contributed by atoms with Gasteiger partial charge in [0.05, 0.1) is 27.0 Å². The Morgan fingerprint density at radius 2 is 2.04 bits per heavy atom. The molecule has 0 amide bonds. The van der Waals surface area contributed by atoms with E-state index in [4.69, 9.17) is 27.1 Å². The lowest BCUT2D eigenvalue weighted by molar-refractivity contribution is 0.107. The molecule has 2 saturated heterocycles. The number of thiophene rings is 1. The van der Waals surface area contributed by atoms with Gasteiger partial charge in [-0.15, -0.1) is 11.3 Å². The second kappa shape index (κ2) is 11.4. The quantitative estimate of drug-likeness (QED) is 0.191. The highest BCUT2D eigenvalue weighted by Gasteiger charge is 2.49. The zero-order valence-electron chi connectivity index (χ0n) is 25.7. The van der Waals surface area contributed by atoms with E-state index in [-0.39, 0.29) is 78.7 Å². The molecule has 0 spiro atoms. The van der Waals surface area contributed by atoms with Gasteiger partial charge in [-0.25, -0.2) is 17.6 Å². The summed E-state index contributed by atoms with van der Waals surface area (Å²) in [6, 6.07) is 5.75. The van der Waals surface area contributed by atoms with Crippen molar-refractivity contribution in [1.82, 2.24) is 19.9 Å². The highest BCUT2D eigenvalue weighted by atomic mass is 35.5. The zero-order valence-corrected chi connectivity index (χ0v) is 27.2. The number of rotatable bonds is 5. The molecule has 8 nitrogen and oxygen atoms in total. The Kier molecular flexibility index (Phi) is 7.39. The van der Waals surface area contributed by atoms with Crippen molar-refractivity contribution in [2.45, 2.75) is 56.9 Å². The number of nitrogens with two attached hydrogens (primary N) is 1. The number of halogens is 5. The minimum Gasteiger partial charge on any atom is -0.461 e. The number of benzene rings is 2. The molecule has 3 aliphatic heterocycles. The summed E-state index contributed by atoms with van der Waals surface area (Å²) in [5.41, 5.74) is 6.75. The zero-order chi connectivity index (χ0) is 33.5. The summed E-state index contributed by atoms with van der Waals surface area (Å²) in [4.78, 5) is 17.2. The molecule has 3 aliphatic rings. The first-order valence-electron chi connectivity index (χ1n) is 15.6. The number of hydrogen-bond acceptors (Lipinski definition) is 9. The number of nitrogens with zero attached hydrogens (tertiary/aromatic N) is 6. The van der Waals surface area contributed by atoms with E-state index in [1.807, 2.05) is 17.9 Å². The molecule has 0 bridgehead atoms. The third-order valence-electron chi connectivity index (χ3n) is 10.0. The van der Waals surface area contributed by atoms with E-state index in [1.54, 1.807) is 6.20 Å². The van der Waals surface area contributed by atoms with Crippen molar-refractivity contribution in [3.8, 4) is 23.2 Å². The molecule has 5 aromatic rings. The molecule has 48 heavy (non-hydrogen) atoms. The minimum absolute atomic E-state index is 0.0212. The van der Waals surface area contributed by atoms with Gasteiger partial charge in [0.25, 0.3) is 0 Å². The summed E-state index contributed by atoms with van der Waals surface area (Å²) in [5, 5.41) is 10.3. The van der Waals surface area contributed by atoms with Crippen molar-refractivity contribution >= 4 is 54.7 Å². The Hall–Kier alpha value is -4.25.